The molecule has 0 aliphatic carbocycles. The Labute approximate surface area is 179 Å². The molecule has 1 atom stereocenters. The first kappa shape index (κ1) is 20.5. The fourth-order valence-electron chi connectivity index (χ4n) is 3.78. The second-order valence-corrected chi connectivity index (χ2v) is 7.15. The summed E-state index contributed by atoms with van der Waals surface area (Å²) in [5.74, 6) is -0.617. The van der Waals surface area contributed by atoms with Gasteiger partial charge in [0.1, 0.15) is 24.0 Å². The summed E-state index contributed by atoms with van der Waals surface area (Å²) in [6, 6.07) is 13.5. The van der Waals surface area contributed by atoms with E-state index in [9.17, 15) is 14.4 Å². The van der Waals surface area contributed by atoms with Crippen LogP contribution in [0.5, 0.6) is 11.5 Å². The molecule has 2 aliphatic rings. The van der Waals surface area contributed by atoms with Crippen molar-refractivity contribution in [3.63, 3.8) is 0 Å². The fourth-order valence-corrected chi connectivity index (χ4v) is 3.78. The molecule has 0 saturated carbocycles. The Bertz CT molecular complexity index is 1030. The third kappa shape index (κ3) is 3.96. The number of esters is 2. The third-order valence-corrected chi connectivity index (χ3v) is 5.14. The number of para-hydroxylation sites is 2. The standard InChI is InChI=1S/C23H22N2O6/c1-3-29-21(26)19-13(2)24-23(28)25-16(19)12-30-22(27)20-14-8-4-6-10-17(14)31-18-11-7-5-9-15(18)20/h4-11,13,20H,3,12H2,1-2H3,(H2,24,25,28). The van der Waals surface area contributed by atoms with Crippen LogP contribution in [0.2, 0.25) is 0 Å². The SMILES string of the molecule is CCOC(=O)C1=C(COC(=O)C2c3ccccc3Oc3ccccc32)NC(=O)NC1C. The molecule has 0 aromatic heterocycles. The highest BCUT2D eigenvalue weighted by atomic mass is 16.5. The number of fused-ring (bicyclic) bond motifs is 2. The van der Waals surface area contributed by atoms with Gasteiger partial charge in [-0.2, -0.15) is 0 Å². The molecule has 2 amide bonds. The highest BCUT2D eigenvalue weighted by Crippen LogP contribution is 2.44. The largest absolute Gasteiger partial charge is 0.463 e. The summed E-state index contributed by atoms with van der Waals surface area (Å²) < 4.78 is 16.6. The summed E-state index contributed by atoms with van der Waals surface area (Å²) in [5, 5.41) is 5.17. The first-order chi connectivity index (χ1) is 15.0. The van der Waals surface area contributed by atoms with Crippen molar-refractivity contribution in [1.82, 2.24) is 10.6 Å². The van der Waals surface area contributed by atoms with Gasteiger partial charge in [-0.1, -0.05) is 36.4 Å². The van der Waals surface area contributed by atoms with Crippen molar-refractivity contribution >= 4 is 18.0 Å². The van der Waals surface area contributed by atoms with Crippen LogP contribution in [-0.4, -0.2) is 37.2 Å². The maximum Gasteiger partial charge on any atom is 0.338 e. The second kappa shape index (κ2) is 8.51. The highest BCUT2D eigenvalue weighted by Gasteiger charge is 2.35. The lowest BCUT2D eigenvalue weighted by atomic mass is 9.88. The first-order valence-electron chi connectivity index (χ1n) is 9.99. The number of carbonyl (C=O) groups excluding carboxylic acids is 3. The predicted octanol–water partition coefficient (Wildman–Crippen LogP) is 2.99. The van der Waals surface area contributed by atoms with E-state index >= 15 is 0 Å². The molecule has 2 aliphatic heterocycles. The van der Waals surface area contributed by atoms with Gasteiger partial charge in [0.25, 0.3) is 0 Å². The molecule has 31 heavy (non-hydrogen) atoms. The zero-order valence-electron chi connectivity index (χ0n) is 17.1. The maximum atomic E-state index is 13.2. The number of urea groups is 1. The summed E-state index contributed by atoms with van der Waals surface area (Å²) in [7, 11) is 0. The lowest BCUT2D eigenvalue weighted by Crippen LogP contribution is -2.50. The molecule has 2 N–H and O–H groups in total. The van der Waals surface area contributed by atoms with Crippen LogP contribution in [0.15, 0.2) is 59.8 Å². The van der Waals surface area contributed by atoms with Crippen LogP contribution in [0.3, 0.4) is 0 Å². The molecule has 0 spiro atoms. The molecule has 2 heterocycles. The molecule has 0 saturated heterocycles. The number of hydrogen-bond donors (Lipinski definition) is 2. The Morgan fingerprint density at radius 3 is 2.23 bits per heavy atom. The zero-order chi connectivity index (χ0) is 22.0. The first-order valence-corrected chi connectivity index (χ1v) is 9.99. The Hall–Kier alpha value is -3.81. The van der Waals surface area contributed by atoms with E-state index in [1.165, 1.54) is 0 Å². The minimum absolute atomic E-state index is 0.186. The highest BCUT2D eigenvalue weighted by molar-refractivity contribution is 5.95. The second-order valence-electron chi connectivity index (χ2n) is 7.15. The lowest BCUT2D eigenvalue weighted by molar-refractivity contribution is -0.144. The van der Waals surface area contributed by atoms with Gasteiger partial charge >= 0.3 is 18.0 Å². The fraction of sp³-hybridized carbons (Fsp3) is 0.261. The van der Waals surface area contributed by atoms with E-state index in [0.29, 0.717) is 22.6 Å². The van der Waals surface area contributed by atoms with Crippen LogP contribution in [0.25, 0.3) is 0 Å². The van der Waals surface area contributed by atoms with Gasteiger partial charge in [0, 0.05) is 11.1 Å². The van der Waals surface area contributed by atoms with Crippen molar-refractivity contribution in [3.05, 3.63) is 70.9 Å². The third-order valence-electron chi connectivity index (χ3n) is 5.14. The average molecular weight is 422 g/mol. The molecule has 4 rings (SSSR count). The summed E-state index contributed by atoms with van der Waals surface area (Å²) in [6.07, 6.45) is 0. The van der Waals surface area contributed by atoms with Crippen molar-refractivity contribution in [2.24, 2.45) is 0 Å². The summed E-state index contributed by atoms with van der Waals surface area (Å²) in [4.78, 5) is 37.5. The smallest absolute Gasteiger partial charge is 0.338 e. The Balaban J connectivity index is 1.62. The molecular formula is C23H22N2O6. The minimum atomic E-state index is -0.692. The average Bonchev–Trinajstić information content (AvgIpc) is 2.75. The number of hydrogen-bond acceptors (Lipinski definition) is 6. The molecule has 2 aromatic carbocycles. The summed E-state index contributed by atoms with van der Waals surface area (Å²) in [6.45, 7) is 3.27. The normalized spacial score (nSPS) is 17.5. The Kier molecular flexibility index (Phi) is 5.62. The molecular weight excluding hydrogens is 400 g/mol. The van der Waals surface area contributed by atoms with E-state index in [0.717, 1.165) is 0 Å². The Morgan fingerprint density at radius 2 is 1.61 bits per heavy atom. The number of nitrogens with one attached hydrogen (secondary N) is 2. The number of rotatable bonds is 5. The topological polar surface area (TPSA) is 103 Å². The van der Waals surface area contributed by atoms with Gasteiger partial charge in [0.05, 0.1) is 23.9 Å². The maximum absolute atomic E-state index is 13.2. The van der Waals surface area contributed by atoms with Gasteiger partial charge < -0.3 is 24.8 Å². The number of benzene rings is 2. The van der Waals surface area contributed by atoms with E-state index in [4.69, 9.17) is 14.2 Å². The minimum Gasteiger partial charge on any atom is -0.463 e. The zero-order valence-corrected chi connectivity index (χ0v) is 17.1. The van der Waals surface area contributed by atoms with E-state index in [1.807, 2.05) is 36.4 Å². The van der Waals surface area contributed by atoms with Crippen LogP contribution < -0.4 is 15.4 Å². The van der Waals surface area contributed by atoms with Crippen LogP contribution in [0.1, 0.15) is 30.9 Å². The molecule has 8 nitrogen and oxygen atoms in total. The van der Waals surface area contributed by atoms with E-state index in [2.05, 4.69) is 10.6 Å². The van der Waals surface area contributed by atoms with Crippen molar-refractivity contribution in [3.8, 4) is 11.5 Å². The Morgan fingerprint density at radius 1 is 1.00 bits per heavy atom. The molecule has 160 valence electrons. The summed E-state index contributed by atoms with van der Waals surface area (Å²) in [5.41, 5.74) is 1.81. The van der Waals surface area contributed by atoms with Crippen LogP contribution in [0.4, 0.5) is 4.79 Å². The van der Waals surface area contributed by atoms with E-state index in [1.54, 1.807) is 26.0 Å². The molecule has 8 heteroatoms. The molecule has 0 bridgehead atoms. The molecule has 0 fully saturated rings. The van der Waals surface area contributed by atoms with E-state index < -0.39 is 29.9 Å². The van der Waals surface area contributed by atoms with Crippen molar-refractivity contribution in [2.45, 2.75) is 25.8 Å². The van der Waals surface area contributed by atoms with Crippen LogP contribution >= 0.6 is 0 Å². The molecule has 1 unspecified atom stereocenters. The monoisotopic (exact) mass is 422 g/mol. The van der Waals surface area contributed by atoms with Gasteiger partial charge in [0.2, 0.25) is 0 Å². The predicted molar refractivity (Wildman–Crippen MR) is 111 cm³/mol. The summed E-state index contributed by atoms with van der Waals surface area (Å²) >= 11 is 0. The van der Waals surface area contributed by atoms with E-state index in [-0.39, 0.29) is 24.5 Å². The lowest BCUT2D eigenvalue weighted by Gasteiger charge is -2.28. The van der Waals surface area contributed by atoms with Gasteiger partial charge in [0.15, 0.2) is 0 Å². The molecule has 2 aromatic rings. The number of amides is 2. The van der Waals surface area contributed by atoms with Crippen molar-refractivity contribution < 1.29 is 28.6 Å². The van der Waals surface area contributed by atoms with Crippen molar-refractivity contribution in [2.75, 3.05) is 13.2 Å². The van der Waals surface area contributed by atoms with Crippen molar-refractivity contribution in [1.29, 1.82) is 0 Å². The number of ether oxygens (including phenoxy) is 3. The van der Waals surface area contributed by atoms with Gasteiger partial charge in [-0.15, -0.1) is 0 Å². The van der Waals surface area contributed by atoms with Gasteiger partial charge in [-0.25, -0.2) is 9.59 Å². The van der Waals surface area contributed by atoms with Crippen LogP contribution in [-0.2, 0) is 19.1 Å². The van der Waals surface area contributed by atoms with Gasteiger partial charge in [-0.05, 0) is 26.0 Å². The quantitative estimate of drug-likeness (QED) is 0.718. The number of carbonyl (C=O) groups is 3. The van der Waals surface area contributed by atoms with Gasteiger partial charge in [-0.3, -0.25) is 4.79 Å². The molecule has 0 radical (unpaired) electrons. The van der Waals surface area contributed by atoms with Crippen LogP contribution in [0, 0.1) is 0 Å².